The maximum absolute atomic E-state index is 9.90. The van der Waals surface area contributed by atoms with E-state index in [1.807, 2.05) is 36.4 Å². The van der Waals surface area contributed by atoms with E-state index in [1.165, 1.54) is 0 Å². The Kier molecular flexibility index (Phi) is 3.55. The minimum Gasteiger partial charge on any atom is -0.374 e. The molecule has 2 rings (SSSR count). The first kappa shape index (κ1) is 11.4. The summed E-state index contributed by atoms with van der Waals surface area (Å²) in [4.78, 5) is 2.81. The van der Waals surface area contributed by atoms with Gasteiger partial charge in [-0.1, -0.05) is 30.3 Å². The van der Waals surface area contributed by atoms with Gasteiger partial charge in [0, 0.05) is 24.5 Å². The van der Waals surface area contributed by atoms with E-state index >= 15 is 0 Å². The van der Waals surface area contributed by atoms with E-state index in [-0.39, 0.29) is 0 Å². The molecule has 0 radical (unpaired) electrons. The molecule has 1 aromatic heterocycles. The molecule has 0 aliphatic carbocycles. The fourth-order valence-electron chi connectivity index (χ4n) is 1.62. The zero-order valence-corrected chi connectivity index (χ0v) is 9.22. The average molecular weight is 227 g/mol. The molecule has 1 aromatic carbocycles. The number of hydrogen-bond donors (Lipinski definition) is 3. The van der Waals surface area contributed by atoms with E-state index in [4.69, 9.17) is 5.26 Å². The Morgan fingerprint density at radius 2 is 2.06 bits per heavy atom. The lowest BCUT2D eigenvalue weighted by Crippen LogP contribution is -2.20. The highest BCUT2D eigenvalue weighted by atomic mass is 16.3. The molecule has 3 N–H and O–H groups in total. The van der Waals surface area contributed by atoms with Crippen molar-refractivity contribution in [1.29, 1.82) is 5.26 Å². The maximum Gasteiger partial charge on any atom is 0.134 e. The predicted molar refractivity (Wildman–Crippen MR) is 63.7 cm³/mol. The highest BCUT2D eigenvalue weighted by molar-refractivity contribution is 5.36. The number of nitrogens with zero attached hydrogens (tertiary/aromatic N) is 1. The second kappa shape index (κ2) is 5.30. The van der Waals surface area contributed by atoms with Crippen molar-refractivity contribution in [2.75, 3.05) is 0 Å². The Labute approximate surface area is 99.5 Å². The summed E-state index contributed by atoms with van der Waals surface area (Å²) in [7, 11) is 0. The van der Waals surface area contributed by atoms with Gasteiger partial charge in [0.25, 0.3) is 0 Å². The summed E-state index contributed by atoms with van der Waals surface area (Å²) >= 11 is 0. The molecule has 86 valence electrons. The number of aromatic nitrogens is 1. The van der Waals surface area contributed by atoms with Crippen LogP contribution in [0.5, 0.6) is 0 Å². The van der Waals surface area contributed by atoms with Crippen molar-refractivity contribution >= 4 is 0 Å². The number of H-pyrrole nitrogens is 1. The van der Waals surface area contributed by atoms with Gasteiger partial charge < -0.3 is 10.1 Å². The SMILES string of the molecule is N#Cc1c[nH]cc1C(O)NCc1ccccc1. The second-order valence-electron chi connectivity index (χ2n) is 3.71. The highest BCUT2D eigenvalue weighted by Gasteiger charge is 2.12. The van der Waals surface area contributed by atoms with E-state index in [0.29, 0.717) is 17.7 Å². The van der Waals surface area contributed by atoms with E-state index in [0.717, 1.165) is 5.56 Å². The van der Waals surface area contributed by atoms with Gasteiger partial charge in [-0.2, -0.15) is 5.26 Å². The molecule has 4 heteroatoms. The minimum atomic E-state index is -0.837. The van der Waals surface area contributed by atoms with Crippen molar-refractivity contribution in [2.45, 2.75) is 12.8 Å². The quantitative estimate of drug-likeness (QED) is 0.696. The number of aliphatic hydroxyl groups is 1. The lowest BCUT2D eigenvalue weighted by molar-refractivity contribution is 0.137. The Morgan fingerprint density at radius 3 is 2.76 bits per heavy atom. The standard InChI is InChI=1S/C13H13N3O/c14-6-11-8-15-9-12(11)13(17)16-7-10-4-2-1-3-5-10/h1-5,8-9,13,15-17H,7H2. The van der Waals surface area contributed by atoms with Gasteiger partial charge in [0.05, 0.1) is 5.56 Å². The average Bonchev–Trinajstić information content (AvgIpc) is 2.85. The highest BCUT2D eigenvalue weighted by Crippen LogP contribution is 2.15. The molecule has 0 saturated heterocycles. The molecular weight excluding hydrogens is 214 g/mol. The van der Waals surface area contributed by atoms with E-state index < -0.39 is 6.23 Å². The molecule has 1 unspecified atom stereocenters. The van der Waals surface area contributed by atoms with E-state index in [9.17, 15) is 5.11 Å². The summed E-state index contributed by atoms with van der Waals surface area (Å²) < 4.78 is 0. The number of hydrogen-bond acceptors (Lipinski definition) is 3. The molecule has 1 atom stereocenters. The summed E-state index contributed by atoms with van der Waals surface area (Å²) in [6.45, 7) is 0.554. The number of aliphatic hydroxyl groups excluding tert-OH is 1. The number of aromatic amines is 1. The van der Waals surface area contributed by atoms with Crippen molar-refractivity contribution in [2.24, 2.45) is 0 Å². The molecule has 17 heavy (non-hydrogen) atoms. The number of rotatable bonds is 4. The van der Waals surface area contributed by atoms with Gasteiger partial charge in [0.15, 0.2) is 0 Å². The Balaban J connectivity index is 1.99. The van der Waals surface area contributed by atoms with Crippen LogP contribution in [0.3, 0.4) is 0 Å². The van der Waals surface area contributed by atoms with Crippen LogP contribution in [0.15, 0.2) is 42.7 Å². The summed E-state index contributed by atoms with van der Waals surface area (Å²) in [5, 5.41) is 21.7. The monoisotopic (exact) mass is 227 g/mol. The van der Waals surface area contributed by atoms with E-state index in [1.54, 1.807) is 12.4 Å². The summed E-state index contributed by atoms with van der Waals surface area (Å²) in [6.07, 6.45) is 2.36. The van der Waals surface area contributed by atoms with Gasteiger partial charge in [-0.3, -0.25) is 5.32 Å². The molecule has 2 aromatic rings. The van der Waals surface area contributed by atoms with E-state index in [2.05, 4.69) is 10.3 Å². The number of benzene rings is 1. The van der Waals surface area contributed by atoms with Gasteiger partial charge in [-0.05, 0) is 5.56 Å². The Morgan fingerprint density at radius 1 is 1.29 bits per heavy atom. The first-order valence-electron chi connectivity index (χ1n) is 5.33. The third-order valence-corrected chi connectivity index (χ3v) is 2.53. The van der Waals surface area contributed by atoms with Gasteiger partial charge in [0.2, 0.25) is 0 Å². The van der Waals surface area contributed by atoms with Crippen LogP contribution in [-0.2, 0) is 6.54 Å². The fraction of sp³-hybridized carbons (Fsp3) is 0.154. The van der Waals surface area contributed by atoms with Crippen LogP contribution < -0.4 is 5.32 Å². The third kappa shape index (κ3) is 2.72. The van der Waals surface area contributed by atoms with Crippen LogP contribution >= 0.6 is 0 Å². The zero-order valence-electron chi connectivity index (χ0n) is 9.22. The second-order valence-corrected chi connectivity index (χ2v) is 3.71. The lowest BCUT2D eigenvalue weighted by Gasteiger charge is -2.11. The first-order valence-corrected chi connectivity index (χ1v) is 5.33. The van der Waals surface area contributed by atoms with Crippen molar-refractivity contribution < 1.29 is 5.11 Å². The van der Waals surface area contributed by atoms with Crippen molar-refractivity contribution in [3.8, 4) is 6.07 Å². The molecule has 1 heterocycles. The smallest absolute Gasteiger partial charge is 0.134 e. The molecule has 4 nitrogen and oxygen atoms in total. The fourth-order valence-corrected chi connectivity index (χ4v) is 1.62. The normalized spacial score (nSPS) is 12.0. The third-order valence-electron chi connectivity index (χ3n) is 2.53. The minimum absolute atomic E-state index is 0.457. The van der Waals surface area contributed by atoms with Gasteiger partial charge >= 0.3 is 0 Å². The summed E-state index contributed by atoms with van der Waals surface area (Å²) in [5.41, 5.74) is 2.11. The molecule has 0 spiro atoms. The molecule has 0 amide bonds. The Hall–Kier alpha value is -2.09. The van der Waals surface area contributed by atoms with Crippen LogP contribution in [0.2, 0.25) is 0 Å². The summed E-state index contributed by atoms with van der Waals surface area (Å²) in [6, 6.07) is 11.8. The van der Waals surface area contributed by atoms with Gasteiger partial charge in [-0.15, -0.1) is 0 Å². The van der Waals surface area contributed by atoms with Gasteiger partial charge in [-0.25, -0.2) is 0 Å². The van der Waals surface area contributed by atoms with Crippen molar-refractivity contribution in [3.63, 3.8) is 0 Å². The zero-order chi connectivity index (χ0) is 12.1. The molecule has 0 saturated carbocycles. The van der Waals surface area contributed by atoms with Crippen LogP contribution in [-0.4, -0.2) is 10.1 Å². The van der Waals surface area contributed by atoms with Crippen LogP contribution in [0.1, 0.15) is 22.9 Å². The summed E-state index contributed by atoms with van der Waals surface area (Å²) in [5.74, 6) is 0. The predicted octanol–water partition coefficient (Wildman–Crippen LogP) is 1.67. The molecule has 0 fully saturated rings. The van der Waals surface area contributed by atoms with Crippen molar-refractivity contribution in [3.05, 3.63) is 59.4 Å². The van der Waals surface area contributed by atoms with Crippen LogP contribution in [0, 0.1) is 11.3 Å². The molecule has 0 bridgehead atoms. The maximum atomic E-state index is 9.90. The topological polar surface area (TPSA) is 71.8 Å². The van der Waals surface area contributed by atoms with Crippen molar-refractivity contribution in [1.82, 2.24) is 10.3 Å². The van der Waals surface area contributed by atoms with Gasteiger partial charge in [0.1, 0.15) is 12.3 Å². The largest absolute Gasteiger partial charge is 0.374 e. The van der Waals surface area contributed by atoms with Crippen LogP contribution in [0.4, 0.5) is 0 Å². The van der Waals surface area contributed by atoms with Crippen LogP contribution in [0.25, 0.3) is 0 Å². The molecule has 0 aliphatic heterocycles. The number of nitrogens with one attached hydrogen (secondary N) is 2. The first-order chi connectivity index (χ1) is 8.31. The Bertz CT molecular complexity index is 513. The molecule has 0 aliphatic rings. The molecular formula is C13H13N3O. The lowest BCUT2D eigenvalue weighted by atomic mass is 10.1. The number of nitriles is 1.